The highest BCUT2D eigenvalue weighted by molar-refractivity contribution is 6.32. The average Bonchev–Trinajstić information content (AvgIpc) is 2.86. The molecule has 2 N–H and O–H groups in total. The predicted molar refractivity (Wildman–Crippen MR) is 143 cm³/mol. The van der Waals surface area contributed by atoms with E-state index in [9.17, 15) is 20.5 Å². The van der Waals surface area contributed by atoms with E-state index in [0.717, 1.165) is 4.73 Å². The van der Waals surface area contributed by atoms with Crippen LogP contribution in [0.5, 0.6) is 11.5 Å². The molecule has 10 nitrogen and oxygen atoms in total. The van der Waals surface area contributed by atoms with Crippen molar-refractivity contribution >= 4 is 52.2 Å². The first-order valence-corrected chi connectivity index (χ1v) is 11.6. The number of ether oxygens (including phenoxy) is 2. The maximum absolute atomic E-state index is 11.8. The maximum Gasteiger partial charge on any atom is 0.230 e. The third kappa shape index (κ3) is 6.08. The Labute approximate surface area is 228 Å². The molecule has 12 heteroatoms. The van der Waals surface area contributed by atoms with Crippen LogP contribution in [0.15, 0.2) is 65.9 Å². The topological polar surface area (TPSA) is 136 Å². The number of fused-ring (bicyclic) bond motifs is 1. The minimum absolute atomic E-state index is 0. The predicted octanol–water partition coefficient (Wildman–Crippen LogP) is 4.63. The molecule has 38 heavy (non-hydrogen) atoms. The number of hydrogen-bond acceptors (Lipinski definition) is 7. The van der Waals surface area contributed by atoms with Gasteiger partial charge in [-0.1, -0.05) is 11.6 Å². The summed E-state index contributed by atoms with van der Waals surface area (Å²) in [6, 6.07) is 15.0. The summed E-state index contributed by atoms with van der Waals surface area (Å²) >= 11 is 6.41. The summed E-state index contributed by atoms with van der Waals surface area (Å²) in [7, 11) is 0. The number of anilines is 1. The van der Waals surface area contributed by atoms with Gasteiger partial charge in [0.25, 0.3) is 0 Å². The molecule has 0 bridgehead atoms. The number of rotatable bonds is 7. The summed E-state index contributed by atoms with van der Waals surface area (Å²) in [5, 5.41) is 35.7. The molecule has 0 radical (unpaired) electrons. The Kier molecular flexibility index (Phi) is 9.02. The van der Waals surface area contributed by atoms with Gasteiger partial charge in [-0.25, -0.2) is 4.99 Å². The Balaban J connectivity index is 0.00000400. The van der Waals surface area contributed by atoms with Crippen molar-refractivity contribution in [2.45, 2.75) is 20.5 Å². The van der Waals surface area contributed by atoms with Crippen LogP contribution >= 0.6 is 24.0 Å². The maximum atomic E-state index is 11.8. The van der Waals surface area contributed by atoms with Gasteiger partial charge < -0.3 is 25.2 Å². The van der Waals surface area contributed by atoms with Crippen LogP contribution in [0, 0.1) is 16.5 Å². The van der Waals surface area contributed by atoms with Gasteiger partial charge in [-0.3, -0.25) is 4.79 Å². The monoisotopic (exact) mass is 555 g/mol. The first-order chi connectivity index (χ1) is 17.8. The first kappa shape index (κ1) is 28.1. The van der Waals surface area contributed by atoms with E-state index in [-0.39, 0.29) is 40.9 Å². The zero-order chi connectivity index (χ0) is 26.5. The van der Waals surface area contributed by atoms with E-state index in [1.807, 2.05) is 6.07 Å². The Bertz CT molecular complexity index is 1610. The fraction of sp³-hybridized carbons (Fsp3) is 0.154. The zero-order valence-electron chi connectivity index (χ0n) is 20.3. The Morgan fingerprint density at radius 3 is 2.68 bits per heavy atom. The van der Waals surface area contributed by atoms with Crippen LogP contribution in [0.1, 0.15) is 25.1 Å². The molecule has 0 atom stereocenters. The second kappa shape index (κ2) is 12.2. The largest absolute Gasteiger partial charge is 0.618 e. The van der Waals surface area contributed by atoms with Crippen LogP contribution in [0.2, 0.25) is 5.02 Å². The molecule has 4 aromatic rings. The fourth-order valence-electron chi connectivity index (χ4n) is 3.64. The molecule has 2 aromatic heterocycles. The molecule has 0 aliphatic carbocycles. The normalized spacial score (nSPS) is 10.9. The number of carbonyl (C=O) groups excluding carboxylic acids is 1. The van der Waals surface area contributed by atoms with Crippen LogP contribution < -0.4 is 24.9 Å². The molecular formula is C26H23Cl2N5O5. The van der Waals surface area contributed by atoms with E-state index in [4.69, 9.17) is 21.1 Å². The van der Waals surface area contributed by atoms with Gasteiger partial charge in [-0.15, -0.1) is 12.4 Å². The number of amides is 1. The Morgan fingerprint density at radius 2 is 2.03 bits per heavy atom. The first-order valence-electron chi connectivity index (χ1n) is 11.2. The van der Waals surface area contributed by atoms with Crippen molar-refractivity contribution < 1.29 is 24.2 Å². The van der Waals surface area contributed by atoms with Gasteiger partial charge in [-0.05, 0) is 37.3 Å². The van der Waals surface area contributed by atoms with Crippen LogP contribution in [0.3, 0.4) is 0 Å². The molecule has 2 heterocycles. The van der Waals surface area contributed by atoms with Crippen molar-refractivity contribution in [1.82, 2.24) is 4.73 Å². The summed E-state index contributed by atoms with van der Waals surface area (Å²) in [5.74, 6) is 0.392. The molecule has 0 unspecified atom stereocenters. The summed E-state index contributed by atoms with van der Waals surface area (Å²) in [6.45, 7) is 3.52. The van der Waals surface area contributed by atoms with Crippen molar-refractivity contribution in [2.75, 3.05) is 11.9 Å². The van der Waals surface area contributed by atoms with Gasteiger partial charge in [0, 0.05) is 30.5 Å². The van der Waals surface area contributed by atoms with E-state index < -0.39 is 0 Å². The van der Waals surface area contributed by atoms with Crippen LogP contribution in [-0.4, -0.2) is 22.5 Å². The molecule has 4 rings (SSSR count). The Hall–Kier alpha value is -4.46. The van der Waals surface area contributed by atoms with Crippen molar-refractivity contribution in [3.8, 4) is 17.6 Å². The van der Waals surface area contributed by atoms with E-state index >= 15 is 0 Å². The van der Waals surface area contributed by atoms with Crippen molar-refractivity contribution in [3.63, 3.8) is 0 Å². The van der Waals surface area contributed by atoms with E-state index in [1.54, 1.807) is 55.5 Å². The Morgan fingerprint density at radius 1 is 1.24 bits per heavy atom. The summed E-state index contributed by atoms with van der Waals surface area (Å²) in [4.78, 5) is 16.4. The molecule has 0 aliphatic heterocycles. The molecule has 0 saturated heterocycles. The van der Waals surface area contributed by atoms with Gasteiger partial charge in [-0.2, -0.15) is 14.7 Å². The van der Waals surface area contributed by atoms with Crippen LogP contribution in [0.25, 0.3) is 10.9 Å². The smallest absolute Gasteiger partial charge is 0.230 e. The van der Waals surface area contributed by atoms with E-state index in [1.165, 1.54) is 19.3 Å². The van der Waals surface area contributed by atoms with Crippen LogP contribution in [0.4, 0.5) is 11.4 Å². The molecule has 0 fully saturated rings. The summed E-state index contributed by atoms with van der Waals surface area (Å²) < 4.78 is 12.8. The van der Waals surface area contributed by atoms with Gasteiger partial charge in [0.1, 0.15) is 17.6 Å². The highest BCUT2D eigenvalue weighted by atomic mass is 35.5. The molecule has 0 saturated carbocycles. The molecule has 0 spiro atoms. The molecule has 1 amide bonds. The second-order valence-corrected chi connectivity index (χ2v) is 8.27. The number of carbonyl (C=O) groups is 1. The lowest BCUT2D eigenvalue weighted by Gasteiger charge is -2.14. The van der Waals surface area contributed by atoms with Gasteiger partial charge in [0.05, 0.1) is 45.6 Å². The number of nitrogens with zero attached hydrogens (tertiary/aromatic N) is 4. The molecule has 196 valence electrons. The quantitative estimate of drug-likeness (QED) is 0.194. The minimum atomic E-state index is -0.313. The lowest BCUT2D eigenvalue weighted by atomic mass is 10.1. The molecule has 0 aliphatic rings. The highest BCUT2D eigenvalue weighted by Gasteiger charge is 2.15. The number of nitriles is 1. The number of hydrogen-bond donors (Lipinski definition) is 2. The lowest BCUT2D eigenvalue weighted by Crippen LogP contribution is -2.31. The number of halogens is 2. The summed E-state index contributed by atoms with van der Waals surface area (Å²) in [6.07, 6.45) is 2.62. The van der Waals surface area contributed by atoms with Gasteiger partial charge in [0.15, 0.2) is 12.8 Å². The van der Waals surface area contributed by atoms with Crippen molar-refractivity contribution in [1.29, 1.82) is 5.26 Å². The summed E-state index contributed by atoms with van der Waals surface area (Å²) in [5.41, 5.74) is 1.61. The second-order valence-electron chi connectivity index (χ2n) is 7.86. The highest BCUT2D eigenvalue weighted by Crippen LogP contribution is 2.31. The van der Waals surface area contributed by atoms with Crippen molar-refractivity contribution in [3.05, 3.63) is 87.8 Å². The molecular weight excluding hydrogens is 533 g/mol. The van der Waals surface area contributed by atoms with Gasteiger partial charge in [0.2, 0.25) is 11.6 Å². The van der Waals surface area contributed by atoms with E-state index in [0.29, 0.717) is 50.8 Å². The number of benzene rings is 2. The molecule has 2 aromatic carbocycles. The van der Waals surface area contributed by atoms with E-state index in [2.05, 4.69) is 10.3 Å². The number of pyridine rings is 2. The average molecular weight is 556 g/mol. The minimum Gasteiger partial charge on any atom is -0.618 e. The lowest BCUT2D eigenvalue weighted by molar-refractivity contribution is -0.616. The third-order valence-corrected chi connectivity index (χ3v) is 5.57. The third-order valence-electron chi connectivity index (χ3n) is 5.27. The van der Waals surface area contributed by atoms with Crippen molar-refractivity contribution in [2.24, 2.45) is 4.99 Å². The number of aromatic nitrogens is 2. The van der Waals surface area contributed by atoms with Crippen LogP contribution in [-0.2, 0) is 11.4 Å². The van der Waals surface area contributed by atoms with Gasteiger partial charge >= 0.3 is 0 Å². The SMILES string of the molecule is CCOc1cc2c(cc1NC(C)=O)c(=Nc1ccc(OCc3cccc[n+]3[O-])c(Cl)c1)c(C#N)cn2O.Cl. The zero-order valence-corrected chi connectivity index (χ0v) is 21.9. The fourth-order valence-corrected chi connectivity index (χ4v) is 3.87. The standard InChI is InChI=1S/C26H22ClN5O5.ClH/c1-3-36-25-12-23-20(11-22(25)29-16(2)33)26(17(13-28)14-32(23)35)30-18-7-8-24(21(27)10-18)37-15-19-6-4-5-9-31(19)34;/h4-12,14,35H,3,15H2,1-2H3,(H,29,33);1H. The number of nitrogens with one attached hydrogen (secondary N) is 1.